The summed E-state index contributed by atoms with van der Waals surface area (Å²) in [5.41, 5.74) is 2.91. The van der Waals surface area contributed by atoms with E-state index in [0.29, 0.717) is 11.3 Å². The molecule has 0 saturated carbocycles. The minimum Gasteiger partial charge on any atom is -0.478 e. The van der Waals surface area contributed by atoms with Crippen molar-refractivity contribution in [2.45, 2.75) is 10.6 Å². The lowest BCUT2D eigenvalue weighted by atomic mass is 10.0. The Labute approximate surface area is 138 Å². The fourth-order valence-electron chi connectivity index (χ4n) is 2.40. The second-order valence-electron chi connectivity index (χ2n) is 5.12. The van der Waals surface area contributed by atoms with Gasteiger partial charge >= 0.3 is 5.97 Å². The quantitative estimate of drug-likeness (QED) is 0.719. The van der Waals surface area contributed by atoms with E-state index in [-0.39, 0.29) is 0 Å². The predicted octanol–water partition coefficient (Wildman–Crippen LogP) is 4.08. The van der Waals surface area contributed by atoms with Gasteiger partial charge in [0.2, 0.25) is 0 Å². The fourth-order valence-corrected chi connectivity index (χ4v) is 3.32. The Bertz CT molecular complexity index is 828. The maximum atomic E-state index is 11.6. The summed E-state index contributed by atoms with van der Waals surface area (Å²) >= 11 is 1.63. The van der Waals surface area contributed by atoms with Crippen LogP contribution in [0.25, 0.3) is 11.3 Å². The molecule has 3 aromatic rings. The smallest absolute Gasteiger partial charge is 0.336 e. The zero-order valence-electron chi connectivity index (χ0n) is 12.6. The van der Waals surface area contributed by atoms with Crippen LogP contribution < -0.4 is 0 Å². The van der Waals surface area contributed by atoms with Gasteiger partial charge in [-0.2, -0.15) is 5.10 Å². The van der Waals surface area contributed by atoms with Gasteiger partial charge in [-0.3, -0.25) is 4.68 Å². The number of carbonyl (C=O) groups is 1. The molecule has 0 aliphatic rings. The summed E-state index contributed by atoms with van der Waals surface area (Å²) in [4.78, 5) is 12.7. The predicted molar refractivity (Wildman–Crippen MR) is 91.6 cm³/mol. The van der Waals surface area contributed by atoms with Crippen molar-refractivity contribution in [2.24, 2.45) is 7.05 Å². The number of hydrogen-bond acceptors (Lipinski definition) is 3. The molecule has 0 aliphatic heterocycles. The molecule has 1 heterocycles. The molecule has 0 atom stereocenters. The first-order valence-electron chi connectivity index (χ1n) is 7.17. The first kappa shape index (κ1) is 15.4. The zero-order valence-corrected chi connectivity index (χ0v) is 13.5. The lowest BCUT2D eigenvalue weighted by Crippen LogP contribution is -2.03. The first-order valence-corrected chi connectivity index (χ1v) is 8.16. The lowest BCUT2D eigenvalue weighted by Gasteiger charge is -2.09. The Balaban J connectivity index is 1.89. The van der Waals surface area contributed by atoms with Crippen molar-refractivity contribution in [3.05, 3.63) is 71.9 Å². The highest BCUT2D eigenvalue weighted by Crippen LogP contribution is 2.27. The number of aromatic carboxylic acids is 1. The molecule has 2 aromatic carbocycles. The maximum Gasteiger partial charge on any atom is 0.336 e. The van der Waals surface area contributed by atoms with E-state index in [9.17, 15) is 9.90 Å². The second-order valence-corrected chi connectivity index (χ2v) is 6.17. The van der Waals surface area contributed by atoms with Crippen LogP contribution in [0.4, 0.5) is 0 Å². The number of aryl methyl sites for hydroxylation is 1. The molecule has 23 heavy (non-hydrogen) atoms. The van der Waals surface area contributed by atoms with Gasteiger partial charge in [0.15, 0.2) is 0 Å². The third-order valence-corrected chi connectivity index (χ3v) is 4.66. The van der Waals surface area contributed by atoms with Crippen LogP contribution in [0.3, 0.4) is 0 Å². The Morgan fingerprint density at radius 3 is 2.61 bits per heavy atom. The van der Waals surface area contributed by atoms with Crippen LogP contribution in [0.15, 0.2) is 65.7 Å². The van der Waals surface area contributed by atoms with Crippen LogP contribution in [0.5, 0.6) is 0 Å². The van der Waals surface area contributed by atoms with Gasteiger partial charge in [-0.1, -0.05) is 30.3 Å². The van der Waals surface area contributed by atoms with Gasteiger partial charge in [-0.25, -0.2) is 4.79 Å². The SMILES string of the molecule is Cn1nccc1-c1ccc(CSc2ccccc2)c(C(=O)O)c1. The Morgan fingerprint density at radius 2 is 1.96 bits per heavy atom. The van der Waals surface area contributed by atoms with E-state index in [1.165, 1.54) is 0 Å². The summed E-state index contributed by atoms with van der Waals surface area (Å²) in [6.45, 7) is 0. The van der Waals surface area contributed by atoms with Crippen LogP contribution in [0, 0.1) is 0 Å². The third-order valence-electron chi connectivity index (χ3n) is 3.59. The minimum absolute atomic E-state index is 0.340. The molecule has 0 bridgehead atoms. The molecule has 0 unspecified atom stereocenters. The second kappa shape index (κ2) is 6.71. The maximum absolute atomic E-state index is 11.6. The van der Waals surface area contributed by atoms with Crippen LogP contribution in [0.1, 0.15) is 15.9 Å². The molecule has 0 amide bonds. The van der Waals surface area contributed by atoms with Crippen LogP contribution in [-0.2, 0) is 12.8 Å². The van der Waals surface area contributed by atoms with Gasteiger partial charge in [0, 0.05) is 29.5 Å². The molecule has 116 valence electrons. The summed E-state index contributed by atoms with van der Waals surface area (Å²) in [6.07, 6.45) is 1.70. The van der Waals surface area contributed by atoms with E-state index >= 15 is 0 Å². The molecule has 4 nitrogen and oxygen atoms in total. The van der Waals surface area contributed by atoms with E-state index < -0.39 is 5.97 Å². The number of carboxylic acids is 1. The number of aromatic nitrogens is 2. The number of benzene rings is 2. The highest BCUT2D eigenvalue weighted by atomic mass is 32.2. The van der Waals surface area contributed by atoms with E-state index in [1.807, 2.05) is 55.6 Å². The molecule has 1 aromatic heterocycles. The molecule has 5 heteroatoms. The van der Waals surface area contributed by atoms with E-state index in [2.05, 4.69) is 5.10 Å². The van der Waals surface area contributed by atoms with Gasteiger partial charge in [0.25, 0.3) is 0 Å². The standard InChI is InChI=1S/C18H16N2O2S/c1-20-17(9-10-19-20)13-7-8-14(16(11-13)18(21)22)12-23-15-5-3-2-4-6-15/h2-11H,12H2,1H3,(H,21,22). The van der Waals surface area contributed by atoms with Crippen molar-refractivity contribution in [1.29, 1.82) is 0 Å². The van der Waals surface area contributed by atoms with Gasteiger partial charge < -0.3 is 5.11 Å². The van der Waals surface area contributed by atoms with E-state index in [1.54, 1.807) is 28.7 Å². The largest absolute Gasteiger partial charge is 0.478 e. The number of carboxylic acid groups (broad SMARTS) is 1. The van der Waals surface area contributed by atoms with Gasteiger partial charge in [0.05, 0.1) is 11.3 Å². The summed E-state index contributed by atoms with van der Waals surface area (Å²) < 4.78 is 1.74. The highest BCUT2D eigenvalue weighted by molar-refractivity contribution is 7.98. The normalized spacial score (nSPS) is 10.7. The summed E-state index contributed by atoms with van der Waals surface area (Å²) in [5, 5.41) is 13.7. The highest BCUT2D eigenvalue weighted by Gasteiger charge is 2.13. The Morgan fingerprint density at radius 1 is 1.17 bits per heavy atom. The number of rotatable bonds is 5. The van der Waals surface area contributed by atoms with Crippen molar-refractivity contribution >= 4 is 17.7 Å². The molecule has 1 N–H and O–H groups in total. The minimum atomic E-state index is -0.905. The topological polar surface area (TPSA) is 55.1 Å². The molecule has 0 aliphatic carbocycles. The van der Waals surface area contributed by atoms with Crippen LogP contribution in [-0.4, -0.2) is 20.9 Å². The number of thioether (sulfide) groups is 1. The first-order chi connectivity index (χ1) is 11.1. The summed E-state index contributed by atoms with van der Waals surface area (Å²) in [5.74, 6) is -0.283. The van der Waals surface area contributed by atoms with Crippen molar-refractivity contribution in [3.8, 4) is 11.3 Å². The average Bonchev–Trinajstić information content (AvgIpc) is 3.00. The van der Waals surface area contributed by atoms with Gasteiger partial charge in [0.1, 0.15) is 0 Å². The van der Waals surface area contributed by atoms with Gasteiger partial charge in [-0.15, -0.1) is 11.8 Å². The van der Waals surface area contributed by atoms with Crippen molar-refractivity contribution in [1.82, 2.24) is 9.78 Å². The fraction of sp³-hybridized carbons (Fsp3) is 0.111. The molecule has 0 radical (unpaired) electrons. The van der Waals surface area contributed by atoms with Crippen LogP contribution >= 0.6 is 11.8 Å². The Hall–Kier alpha value is -2.53. The average molecular weight is 324 g/mol. The zero-order chi connectivity index (χ0) is 16.2. The molecule has 0 spiro atoms. The molecule has 0 saturated heterocycles. The summed E-state index contributed by atoms with van der Waals surface area (Å²) in [6, 6.07) is 17.4. The third kappa shape index (κ3) is 3.46. The van der Waals surface area contributed by atoms with Crippen molar-refractivity contribution < 1.29 is 9.90 Å². The van der Waals surface area contributed by atoms with E-state index in [4.69, 9.17) is 0 Å². The summed E-state index contributed by atoms with van der Waals surface area (Å²) in [7, 11) is 1.84. The van der Waals surface area contributed by atoms with E-state index in [0.717, 1.165) is 21.7 Å². The molecular formula is C18H16N2O2S. The molecular weight excluding hydrogens is 308 g/mol. The van der Waals surface area contributed by atoms with Crippen LogP contribution in [0.2, 0.25) is 0 Å². The van der Waals surface area contributed by atoms with Crippen molar-refractivity contribution in [3.63, 3.8) is 0 Å². The monoisotopic (exact) mass is 324 g/mol. The molecule has 0 fully saturated rings. The Kier molecular flexibility index (Phi) is 4.48. The van der Waals surface area contributed by atoms with Gasteiger partial charge in [-0.05, 0) is 29.8 Å². The molecule has 3 rings (SSSR count). The number of hydrogen-bond donors (Lipinski definition) is 1. The van der Waals surface area contributed by atoms with Crippen molar-refractivity contribution in [2.75, 3.05) is 0 Å². The lowest BCUT2D eigenvalue weighted by molar-refractivity contribution is 0.0696. The number of nitrogens with zero attached hydrogens (tertiary/aromatic N) is 2.